The van der Waals surface area contributed by atoms with E-state index in [1.165, 1.54) is 0 Å². The maximum absolute atomic E-state index is 14.3. The van der Waals surface area contributed by atoms with E-state index in [2.05, 4.69) is 0 Å². The number of halogens is 1. The van der Waals surface area contributed by atoms with E-state index in [-0.39, 0.29) is 12.3 Å². The monoisotopic (exact) mass is 508 g/mol. The molecule has 1 unspecified atom stereocenters. The molecule has 4 aromatic carbocycles. The summed E-state index contributed by atoms with van der Waals surface area (Å²) in [5, 5.41) is 0.525. The molecule has 0 saturated heterocycles. The van der Waals surface area contributed by atoms with Crippen molar-refractivity contribution in [1.29, 1.82) is 0 Å². The van der Waals surface area contributed by atoms with Crippen molar-refractivity contribution in [3.05, 3.63) is 142 Å². The standard InChI is InChI=1S/C31H25ClN2O3/c32-25-15-9-14-24(18-25)19-28(34-29(35)26-16-7-8-17-27(26)30(34)36)31(37)33(20-22-10-3-1-4-11-22)21-23-12-5-2-6-13-23/h1-18,28H,19-21H2. The number of rotatable bonds is 8. The van der Waals surface area contributed by atoms with Gasteiger partial charge in [0.2, 0.25) is 5.91 Å². The molecule has 3 amide bonds. The van der Waals surface area contributed by atoms with Crippen LogP contribution in [-0.2, 0) is 24.3 Å². The molecule has 0 bridgehead atoms. The summed E-state index contributed by atoms with van der Waals surface area (Å²) in [6.45, 7) is 0.674. The molecule has 1 aliphatic rings. The predicted octanol–water partition coefficient (Wildman–Crippen LogP) is 5.78. The van der Waals surface area contributed by atoms with Gasteiger partial charge in [-0.3, -0.25) is 19.3 Å². The van der Waals surface area contributed by atoms with Gasteiger partial charge in [-0.15, -0.1) is 0 Å². The number of benzene rings is 4. The first-order valence-corrected chi connectivity index (χ1v) is 12.5. The highest BCUT2D eigenvalue weighted by molar-refractivity contribution is 6.30. The molecule has 1 atom stereocenters. The topological polar surface area (TPSA) is 57.7 Å². The van der Waals surface area contributed by atoms with E-state index >= 15 is 0 Å². The Labute approximate surface area is 220 Å². The van der Waals surface area contributed by atoms with Crippen LogP contribution in [0.3, 0.4) is 0 Å². The average molecular weight is 509 g/mol. The second-order valence-electron chi connectivity index (χ2n) is 9.04. The van der Waals surface area contributed by atoms with Gasteiger partial charge in [0, 0.05) is 24.5 Å². The average Bonchev–Trinajstić information content (AvgIpc) is 3.17. The summed E-state index contributed by atoms with van der Waals surface area (Å²) < 4.78 is 0. The molecule has 1 heterocycles. The van der Waals surface area contributed by atoms with Crippen molar-refractivity contribution in [1.82, 2.24) is 9.80 Å². The maximum atomic E-state index is 14.3. The highest BCUT2D eigenvalue weighted by Crippen LogP contribution is 2.28. The summed E-state index contributed by atoms with van der Waals surface area (Å²) >= 11 is 6.23. The Morgan fingerprint density at radius 3 is 1.68 bits per heavy atom. The van der Waals surface area contributed by atoms with Crippen molar-refractivity contribution in [3.63, 3.8) is 0 Å². The number of hydrogen-bond donors (Lipinski definition) is 0. The highest BCUT2D eigenvalue weighted by Gasteiger charge is 2.43. The van der Waals surface area contributed by atoms with E-state index in [0.29, 0.717) is 29.2 Å². The van der Waals surface area contributed by atoms with Crippen molar-refractivity contribution in [2.45, 2.75) is 25.6 Å². The molecular weight excluding hydrogens is 484 g/mol. The molecule has 1 aliphatic heterocycles. The summed E-state index contributed by atoms with van der Waals surface area (Å²) in [7, 11) is 0. The van der Waals surface area contributed by atoms with E-state index in [0.717, 1.165) is 21.6 Å². The van der Waals surface area contributed by atoms with Crippen LogP contribution < -0.4 is 0 Å². The number of hydrogen-bond acceptors (Lipinski definition) is 3. The largest absolute Gasteiger partial charge is 0.332 e. The Bertz CT molecular complexity index is 1360. The lowest BCUT2D eigenvalue weighted by molar-refractivity contribution is -0.136. The smallest absolute Gasteiger partial charge is 0.262 e. The Morgan fingerprint density at radius 1 is 0.676 bits per heavy atom. The van der Waals surface area contributed by atoms with Crippen LogP contribution in [0.1, 0.15) is 37.4 Å². The van der Waals surface area contributed by atoms with E-state index < -0.39 is 17.9 Å². The number of nitrogens with zero attached hydrogens (tertiary/aromatic N) is 2. The van der Waals surface area contributed by atoms with E-state index in [4.69, 9.17) is 11.6 Å². The lowest BCUT2D eigenvalue weighted by atomic mass is 10.0. The Balaban J connectivity index is 1.54. The Morgan fingerprint density at radius 2 is 1.16 bits per heavy atom. The van der Waals surface area contributed by atoms with Gasteiger partial charge >= 0.3 is 0 Å². The fourth-order valence-corrected chi connectivity index (χ4v) is 4.91. The van der Waals surface area contributed by atoms with E-state index in [9.17, 15) is 14.4 Å². The molecular formula is C31H25ClN2O3. The molecule has 0 radical (unpaired) electrons. The lowest BCUT2D eigenvalue weighted by Gasteiger charge is -2.32. The zero-order chi connectivity index (χ0) is 25.8. The molecule has 0 saturated carbocycles. The summed E-state index contributed by atoms with van der Waals surface area (Å²) in [5.41, 5.74) is 3.30. The zero-order valence-electron chi connectivity index (χ0n) is 20.1. The molecule has 0 spiro atoms. The number of imide groups is 1. The van der Waals surface area contributed by atoms with Gasteiger partial charge < -0.3 is 4.90 Å². The van der Waals surface area contributed by atoms with Crippen LogP contribution in [-0.4, -0.2) is 33.6 Å². The first kappa shape index (κ1) is 24.5. The van der Waals surface area contributed by atoms with Crippen LogP contribution in [0.25, 0.3) is 0 Å². The van der Waals surface area contributed by atoms with Gasteiger partial charge in [-0.05, 0) is 41.0 Å². The second kappa shape index (κ2) is 10.8. The third-order valence-corrected chi connectivity index (χ3v) is 6.72. The van der Waals surface area contributed by atoms with Crippen LogP contribution in [0.4, 0.5) is 0 Å². The molecule has 4 aromatic rings. The lowest BCUT2D eigenvalue weighted by Crippen LogP contribution is -2.51. The van der Waals surface area contributed by atoms with Crippen LogP contribution >= 0.6 is 11.6 Å². The number of amides is 3. The number of carbonyl (C=O) groups excluding carboxylic acids is 3. The van der Waals surface area contributed by atoms with Crippen LogP contribution in [0.15, 0.2) is 109 Å². The first-order valence-electron chi connectivity index (χ1n) is 12.1. The summed E-state index contributed by atoms with van der Waals surface area (Å²) in [4.78, 5) is 44.1. The normalized spacial score (nSPS) is 13.4. The minimum absolute atomic E-state index is 0.158. The highest BCUT2D eigenvalue weighted by atomic mass is 35.5. The second-order valence-corrected chi connectivity index (χ2v) is 9.48. The SMILES string of the molecule is O=C(C(Cc1cccc(Cl)c1)N1C(=O)c2ccccc2C1=O)N(Cc1ccccc1)Cc1ccccc1. The number of carbonyl (C=O) groups is 3. The summed E-state index contributed by atoms with van der Waals surface area (Å²) in [6, 6.07) is 32.2. The minimum Gasteiger partial charge on any atom is -0.332 e. The molecule has 0 N–H and O–H groups in total. The molecule has 0 fully saturated rings. The molecule has 184 valence electrons. The van der Waals surface area contributed by atoms with Crippen LogP contribution in [0, 0.1) is 0 Å². The molecule has 5 rings (SSSR count). The molecule has 0 aromatic heterocycles. The summed E-state index contributed by atoms with van der Waals surface area (Å²) in [6.07, 6.45) is 0.158. The zero-order valence-corrected chi connectivity index (χ0v) is 20.8. The van der Waals surface area contributed by atoms with E-state index in [1.54, 1.807) is 47.4 Å². The van der Waals surface area contributed by atoms with Gasteiger partial charge in [0.05, 0.1) is 11.1 Å². The molecule has 0 aliphatic carbocycles. The predicted molar refractivity (Wildman–Crippen MR) is 143 cm³/mol. The Hall–Kier alpha value is -4.22. The third kappa shape index (κ3) is 5.32. The van der Waals surface area contributed by atoms with Crippen LogP contribution in [0.2, 0.25) is 5.02 Å². The molecule has 5 nitrogen and oxygen atoms in total. The van der Waals surface area contributed by atoms with Crippen molar-refractivity contribution in [2.24, 2.45) is 0 Å². The number of fused-ring (bicyclic) bond motifs is 1. The molecule has 37 heavy (non-hydrogen) atoms. The van der Waals surface area contributed by atoms with Gasteiger partial charge in [-0.1, -0.05) is 96.5 Å². The third-order valence-electron chi connectivity index (χ3n) is 6.48. The first-order chi connectivity index (χ1) is 18.0. The Kier molecular flexibility index (Phi) is 7.15. The van der Waals surface area contributed by atoms with Crippen molar-refractivity contribution in [2.75, 3.05) is 0 Å². The summed E-state index contributed by atoms with van der Waals surface area (Å²) in [5.74, 6) is -1.22. The molecule has 6 heteroatoms. The van der Waals surface area contributed by atoms with Crippen molar-refractivity contribution < 1.29 is 14.4 Å². The van der Waals surface area contributed by atoms with Gasteiger partial charge in [-0.2, -0.15) is 0 Å². The minimum atomic E-state index is -1.03. The van der Waals surface area contributed by atoms with Gasteiger partial charge in [0.15, 0.2) is 0 Å². The quantitative estimate of drug-likeness (QED) is 0.284. The van der Waals surface area contributed by atoms with Gasteiger partial charge in [0.25, 0.3) is 11.8 Å². The fraction of sp³-hybridized carbons (Fsp3) is 0.129. The van der Waals surface area contributed by atoms with Crippen LogP contribution in [0.5, 0.6) is 0 Å². The maximum Gasteiger partial charge on any atom is 0.262 e. The van der Waals surface area contributed by atoms with E-state index in [1.807, 2.05) is 66.7 Å². The van der Waals surface area contributed by atoms with Crippen molar-refractivity contribution in [3.8, 4) is 0 Å². The van der Waals surface area contributed by atoms with Gasteiger partial charge in [-0.25, -0.2) is 0 Å². The fourth-order valence-electron chi connectivity index (χ4n) is 4.70. The van der Waals surface area contributed by atoms with Gasteiger partial charge in [0.1, 0.15) is 6.04 Å². The van der Waals surface area contributed by atoms with Crippen molar-refractivity contribution >= 4 is 29.3 Å².